The van der Waals surface area contributed by atoms with Gasteiger partial charge in [-0.3, -0.25) is 0 Å². The number of nitrogens with zero attached hydrogens (tertiary/aromatic N) is 2. The van der Waals surface area contributed by atoms with E-state index in [1.54, 1.807) is 12.4 Å². The van der Waals surface area contributed by atoms with Gasteiger partial charge in [0.25, 0.3) is 0 Å². The van der Waals surface area contributed by atoms with Crippen molar-refractivity contribution in [3.63, 3.8) is 0 Å². The van der Waals surface area contributed by atoms with Crippen LogP contribution in [0.15, 0.2) is 30.6 Å². The molecule has 0 aliphatic carbocycles. The summed E-state index contributed by atoms with van der Waals surface area (Å²) in [5.41, 5.74) is -0.461. The Hall–Kier alpha value is -2.37. The molecule has 1 N–H and O–H groups in total. The minimum Gasteiger partial charge on any atom is -0.485 e. The third-order valence-electron chi connectivity index (χ3n) is 2.69. The zero-order chi connectivity index (χ0) is 13.8. The minimum atomic E-state index is -1.35. The largest absolute Gasteiger partial charge is 0.485 e. The Kier molecular flexibility index (Phi) is 3.79. The van der Waals surface area contributed by atoms with Crippen molar-refractivity contribution in [1.29, 1.82) is 0 Å². The molecule has 1 aromatic carbocycles. The summed E-state index contributed by atoms with van der Waals surface area (Å²) in [7, 11) is 0. The van der Waals surface area contributed by atoms with Gasteiger partial charge >= 0.3 is 5.97 Å². The number of hydrogen-bond acceptors (Lipinski definition) is 3. The van der Waals surface area contributed by atoms with Gasteiger partial charge in [0, 0.05) is 18.9 Å². The molecule has 2 aromatic rings. The van der Waals surface area contributed by atoms with Crippen molar-refractivity contribution >= 4 is 5.97 Å². The van der Waals surface area contributed by atoms with Crippen molar-refractivity contribution in [2.45, 2.75) is 20.1 Å². The number of carboxylic acids is 1. The molecule has 1 heterocycles. The summed E-state index contributed by atoms with van der Waals surface area (Å²) < 4.78 is 20.7. The lowest BCUT2D eigenvalue weighted by Crippen LogP contribution is -2.09. The van der Waals surface area contributed by atoms with Crippen LogP contribution in [0.4, 0.5) is 4.39 Å². The topological polar surface area (TPSA) is 64.4 Å². The first-order chi connectivity index (χ1) is 9.13. The van der Waals surface area contributed by atoms with E-state index in [0.29, 0.717) is 5.82 Å². The van der Waals surface area contributed by atoms with Gasteiger partial charge in [0.05, 0.1) is 0 Å². The quantitative estimate of drug-likeness (QED) is 0.900. The molecular formula is C13H13FN2O3. The highest BCUT2D eigenvalue weighted by atomic mass is 19.1. The van der Waals surface area contributed by atoms with Gasteiger partial charge in [-0.2, -0.15) is 0 Å². The van der Waals surface area contributed by atoms with E-state index in [9.17, 15) is 9.18 Å². The summed E-state index contributed by atoms with van der Waals surface area (Å²) in [4.78, 5) is 15.1. The summed E-state index contributed by atoms with van der Waals surface area (Å²) in [5.74, 6) is -1.52. The number of imidazole rings is 1. The Morgan fingerprint density at radius 2 is 2.32 bits per heavy atom. The van der Waals surface area contributed by atoms with Gasteiger partial charge in [-0.1, -0.05) is 6.07 Å². The van der Waals surface area contributed by atoms with Gasteiger partial charge < -0.3 is 14.4 Å². The Morgan fingerprint density at radius 3 is 3.00 bits per heavy atom. The number of rotatable bonds is 5. The van der Waals surface area contributed by atoms with Gasteiger partial charge in [0.15, 0.2) is 0 Å². The van der Waals surface area contributed by atoms with Crippen LogP contribution in [-0.4, -0.2) is 20.6 Å². The predicted molar refractivity (Wildman–Crippen MR) is 65.6 cm³/mol. The van der Waals surface area contributed by atoms with Gasteiger partial charge in [0.2, 0.25) is 0 Å². The molecule has 5 nitrogen and oxygen atoms in total. The number of aryl methyl sites for hydroxylation is 1. The van der Waals surface area contributed by atoms with Crippen LogP contribution in [0.2, 0.25) is 0 Å². The number of aromatic carboxylic acids is 1. The zero-order valence-corrected chi connectivity index (χ0v) is 10.3. The third kappa shape index (κ3) is 2.73. The van der Waals surface area contributed by atoms with Crippen molar-refractivity contribution in [2.24, 2.45) is 0 Å². The molecule has 19 heavy (non-hydrogen) atoms. The molecule has 0 fully saturated rings. The molecule has 0 aliphatic rings. The molecule has 0 atom stereocenters. The van der Waals surface area contributed by atoms with Crippen molar-refractivity contribution in [1.82, 2.24) is 9.55 Å². The summed E-state index contributed by atoms with van der Waals surface area (Å²) >= 11 is 0. The first-order valence-corrected chi connectivity index (χ1v) is 5.78. The lowest BCUT2D eigenvalue weighted by Gasteiger charge is -2.10. The van der Waals surface area contributed by atoms with E-state index in [1.807, 2.05) is 11.5 Å². The number of benzene rings is 1. The molecule has 1 aromatic heterocycles. The zero-order valence-electron chi connectivity index (χ0n) is 10.3. The van der Waals surface area contributed by atoms with Crippen LogP contribution in [0.1, 0.15) is 23.1 Å². The Labute approximate surface area is 109 Å². The van der Waals surface area contributed by atoms with Crippen molar-refractivity contribution in [3.05, 3.63) is 47.8 Å². The Bertz CT molecular complexity index is 595. The van der Waals surface area contributed by atoms with Crippen LogP contribution >= 0.6 is 0 Å². The number of hydrogen-bond donors (Lipinski definition) is 1. The first-order valence-electron chi connectivity index (χ1n) is 5.78. The van der Waals surface area contributed by atoms with E-state index in [1.165, 1.54) is 12.1 Å². The monoisotopic (exact) mass is 264 g/mol. The summed E-state index contributed by atoms with van der Waals surface area (Å²) in [6, 6.07) is 3.92. The molecule has 0 aliphatic heterocycles. The number of halogens is 1. The molecule has 0 amide bonds. The molecule has 6 heteroatoms. The van der Waals surface area contributed by atoms with E-state index < -0.39 is 17.3 Å². The second-order valence-electron chi connectivity index (χ2n) is 3.84. The van der Waals surface area contributed by atoms with E-state index in [-0.39, 0.29) is 12.4 Å². The molecular weight excluding hydrogens is 251 g/mol. The molecule has 0 bridgehead atoms. The molecule has 0 saturated heterocycles. The highest BCUT2D eigenvalue weighted by Crippen LogP contribution is 2.22. The normalized spacial score (nSPS) is 10.4. The highest BCUT2D eigenvalue weighted by Gasteiger charge is 2.17. The maximum atomic E-state index is 13.4. The fourth-order valence-electron chi connectivity index (χ4n) is 1.74. The fraction of sp³-hybridized carbons (Fsp3) is 0.231. The predicted octanol–water partition coefficient (Wildman–Crippen LogP) is 2.32. The molecule has 0 radical (unpaired) electrons. The second-order valence-corrected chi connectivity index (χ2v) is 3.84. The average Bonchev–Trinajstić information content (AvgIpc) is 2.83. The summed E-state index contributed by atoms with van der Waals surface area (Å²) in [6.45, 7) is 2.77. The molecule has 2 rings (SSSR count). The molecule has 100 valence electrons. The van der Waals surface area contributed by atoms with Crippen LogP contribution < -0.4 is 4.74 Å². The van der Waals surface area contributed by atoms with Gasteiger partial charge in [-0.15, -0.1) is 0 Å². The molecule has 0 unspecified atom stereocenters. The Balaban J connectivity index is 2.20. The fourth-order valence-corrected chi connectivity index (χ4v) is 1.74. The number of aromatic nitrogens is 2. The second kappa shape index (κ2) is 5.51. The lowest BCUT2D eigenvalue weighted by atomic mass is 10.2. The Morgan fingerprint density at radius 1 is 1.53 bits per heavy atom. The SMILES string of the molecule is CCn1ccnc1COc1cccc(F)c1C(=O)O. The van der Waals surface area contributed by atoms with Crippen molar-refractivity contribution < 1.29 is 19.0 Å². The maximum Gasteiger partial charge on any atom is 0.342 e. The smallest absolute Gasteiger partial charge is 0.342 e. The van der Waals surface area contributed by atoms with Gasteiger partial charge in [-0.05, 0) is 19.1 Å². The third-order valence-corrected chi connectivity index (χ3v) is 2.69. The van der Waals surface area contributed by atoms with Crippen LogP contribution in [0.5, 0.6) is 5.75 Å². The summed E-state index contributed by atoms with van der Waals surface area (Å²) in [5, 5.41) is 8.96. The van der Waals surface area contributed by atoms with Crippen LogP contribution in [-0.2, 0) is 13.2 Å². The average molecular weight is 264 g/mol. The standard InChI is InChI=1S/C13H13FN2O3/c1-2-16-7-6-15-11(16)8-19-10-5-3-4-9(14)12(10)13(17)18/h3-7H,2,8H2,1H3,(H,17,18). The number of ether oxygens (including phenoxy) is 1. The highest BCUT2D eigenvalue weighted by molar-refractivity contribution is 5.91. The maximum absolute atomic E-state index is 13.4. The van der Waals surface area contributed by atoms with Crippen LogP contribution in [0.25, 0.3) is 0 Å². The van der Waals surface area contributed by atoms with E-state index >= 15 is 0 Å². The van der Waals surface area contributed by atoms with Crippen LogP contribution in [0.3, 0.4) is 0 Å². The molecule has 0 saturated carbocycles. The van der Waals surface area contributed by atoms with E-state index in [0.717, 1.165) is 12.6 Å². The van der Waals surface area contributed by atoms with Gasteiger partial charge in [0.1, 0.15) is 29.6 Å². The van der Waals surface area contributed by atoms with Crippen LogP contribution in [0, 0.1) is 5.82 Å². The van der Waals surface area contributed by atoms with E-state index in [4.69, 9.17) is 9.84 Å². The molecule has 0 spiro atoms. The first kappa shape index (κ1) is 13.1. The minimum absolute atomic E-state index is 0.00171. The summed E-state index contributed by atoms with van der Waals surface area (Å²) in [6.07, 6.45) is 3.42. The number of carboxylic acid groups (broad SMARTS) is 1. The van der Waals surface area contributed by atoms with Crippen molar-refractivity contribution in [3.8, 4) is 5.75 Å². The van der Waals surface area contributed by atoms with Gasteiger partial charge in [-0.25, -0.2) is 14.2 Å². The number of carbonyl (C=O) groups is 1. The van der Waals surface area contributed by atoms with E-state index in [2.05, 4.69) is 4.98 Å². The lowest BCUT2D eigenvalue weighted by molar-refractivity contribution is 0.0686. The van der Waals surface area contributed by atoms with Crippen molar-refractivity contribution in [2.75, 3.05) is 0 Å².